The molecule has 144 valence electrons. The Hall–Kier alpha value is -3.74. The Morgan fingerprint density at radius 1 is 1.07 bits per heavy atom. The van der Waals surface area contributed by atoms with E-state index in [-0.39, 0.29) is 11.6 Å². The van der Waals surface area contributed by atoms with E-state index in [0.717, 1.165) is 29.8 Å². The van der Waals surface area contributed by atoms with Crippen molar-refractivity contribution in [2.24, 2.45) is 0 Å². The van der Waals surface area contributed by atoms with E-state index in [2.05, 4.69) is 20.3 Å². The highest BCUT2D eigenvalue weighted by molar-refractivity contribution is 5.75. The number of benzene rings is 2. The number of aromatic nitrogens is 4. The van der Waals surface area contributed by atoms with E-state index in [1.165, 1.54) is 0 Å². The monoisotopic (exact) mass is 385 g/mol. The Labute approximate surface area is 167 Å². The number of nitrogens with one attached hydrogen (secondary N) is 1. The summed E-state index contributed by atoms with van der Waals surface area (Å²) in [4.78, 5) is 26.8. The third-order valence-electron chi connectivity index (χ3n) is 4.92. The SMILES string of the molecule is COc1cccc(Nc2ncc3nc(-c4ccccc4)c(=O)n(C4CC4)c3n2)c1. The number of anilines is 2. The second kappa shape index (κ2) is 7.01. The predicted molar refractivity (Wildman–Crippen MR) is 112 cm³/mol. The van der Waals surface area contributed by atoms with Crippen LogP contribution in [0.25, 0.3) is 22.4 Å². The molecule has 0 unspecified atom stereocenters. The number of hydrogen-bond donors (Lipinski definition) is 1. The van der Waals surface area contributed by atoms with Gasteiger partial charge in [0.05, 0.1) is 13.3 Å². The van der Waals surface area contributed by atoms with Gasteiger partial charge in [-0.25, -0.2) is 9.97 Å². The molecular weight excluding hydrogens is 366 g/mol. The van der Waals surface area contributed by atoms with Crippen molar-refractivity contribution in [1.82, 2.24) is 19.5 Å². The van der Waals surface area contributed by atoms with Crippen LogP contribution >= 0.6 is 0 Å². The van der Waals surface area contributed by atoms with Gasteiger partial charge >= 0.3 is 0 Å². The molecule has 5 rings (SSSR count). The molecule has 0 amide bonds. The molecule has 1 fully saturated rings. The van der Waals surface area contributed by atoms with Gasteiger partial charge < -0.3 is 10.1 Å². The van der Waals surface area contributed by atoms with E-state index in [1.807, 2.05) is 54.6 Å². The van der Waals surface area contributed by atoms with Gasteiger partial charge in [-0.05, 0) is 25.0 Å². The largest absolute Gasteiger partial charge is 0.497 e. The first kappa shape index (κ1) is 17.4. The third kappa shape index (κ3) is 3.31. The van der Waals surface area contributed by atoms with E-state index in [4.69, 9.17) is 4.74 Å². The van der Waals surface area contributed by atoms with Crippen LogP contribution in [-0.4, -0.2) is 26.6 Å². The fourth-order valence-corrected chi connectivity index (χ4v) is 3.35. The van der Waals surface area contributed by atoms with E-state index in [1.54, 1.807) is 17.9 Å². The van der Waals surface area contributed by atoms with Crippen molar-refractivity contribution >= 4 is 22.8 Å². The highest BCUT2D eigenvalue weighted by atomic mass is 16.5. The second-order valence-electron chi connectivity index (χ2n) is 6.99. The maximum atomic E-state index is 13.2. The summed E-state index contributed by atoms with van der Waals surface area (Å²) < 4.78 is 7.02. The molecule has 2 heterocycles. The Morgan fingerprint density at radius 2 is 1.90 bits per heavy atom. The van der Waals surface area contributed by atoms with Crippen molar-refractivity contribution in [3.8, 4) is 17.0 Å². The van der Waals surface area contributed by atoms with Crippen LogP contribution < -0.4 is 15.6 Å². The molecule has 7 nitrogen and oxygen atoms in total. The van der Waals surface area contributed by atoms with Gasteiger partial charge in [-0.3, -0.25) is 9.36 Å². The molecule has 1 aliphatic rings. The summed E-state index contributed by atoms with van der Waals surface area (Å²) in [5.74, 6) is 1.15. The van der Waals surface area contributed by atoms with Crippen LogP contribution in [0.15, 0.2) is 65.6 Å². The molecule has 2 aromatic heterocycles. The summed E-state index contributed by atoms with van der Waals surface area (Å²) in [5, 5.41) is 3.18. The molecule has 0 atom stereocenters. The zero-order valence-corrected chi connectivity index (χ0v) is 15.9. The molecule has 0 spiro atoms. The molecule has 4 aromatic rings. The number of fused-ring (bicyclic) bond motifs is 1. The Morgan fingerprint density at radius 3 is 2.66 bits per heavy atom. The lowest BCUT2D eigenvalue weighted by Crippen LogP contribution is -2.24. The fraction of sp³-hybridized carbons (Fsp3) is 0.182. The number of nitrogens with zero attached hydrogens (tertiary/aromatic N) is 4. The number of hydrogen-bond acceptors (Lipinski definition) is 6. The van der Waals surface area contributed by atoms with Crippen LogP contribution in [-0.2, 0) is 0 Å². The first-order valence-corrected chi connectivity index (χ1v) is 9.49. The minimum atomic E-state index is -0.114. The lowest BCUT2D eigenvalue weighted by atomic mass is 10.1. The average Bonchev–Trinajstić information content (AvgIpc) is 3.59. The van der Waals surface area contributed by atoms with Crippen molar-refractivity contribution in [2.45, 2.75) is 18.9 Å². The number of methoxy groups -OCH3 is 1. The molecule has 29 heavy (non-hydrogen) atoms. The van der Waals surface area contributed by atoms with Gasteiger partial charge in [-0.1, -0.05) is 36.4 Å². The van der Waals surface area contributed by atoms with Crippen LogP contribution in [0.3, 0.4) is 0 Å². The van der Waals surface area contributed by atoms with Crippen molar-refractivity contribution in [2.75, 3.05) is 12.4 Å². The summed E-state index contributed by atoms with van der Waals surface area (Å²) in [7, 11) is 1.62. The van der Waals surface area contributed by atoms with Gasteiger partial charge in [0.25, 0.3) is 5.56 Å². The van der Waals surface area contributed by atoms with Crippen LogP contribution in [0.4, 0.5) is 11.6 Å². The first-order chi connectivity index (χ1) is 14.2. The van der Waals surface area contributed by atoms with Crippen LogP contribution in [0.1, 0.15) is 18.9 Å². The average molecular weight is 385 g/mol. The Bertz CT molecular complexity index is 1250. The minimum Gasteiger partial charge on any atom is -0.497 e. The lowest BCUT2D eigenvalue weighted by Gasteiger charge is -2.12. The summed E-state index contributed by atoms with van der Waals surface area (Å²) in [6.45, 7) is 0. The Kier molecular flexibility index (Phi) is 4.20. The van der Waals surface area contributed by atoms with Crippen molar-refractivity contribution in [3.05, 3.63) is 71.1 Å². The predicted octanol–water partition coefficient (Wildman–Crippen LogP) is 3.94. The third-order valence-corrected chi connectivity index (χ3v) is 4.92. The van der Waals surface area contributed by atoms with Crippen LogP contribution in [0.2, 0.25) is 0 Å². The van der Waals surface area contributed by atoms with Gasteiger partial charge in [-0.2, -0.15) is 4.98 Å². The molecule has 0 saturated heterocycles. The molecule has 0 aliphatic heterocycles. The zero-order chi connectivity index (χ0) is 19.8. The highest BCUT2D eigenvalue weighted by Gasteiger charge is 2.29. The lowest BCUT2D eigenvalue weighted by molar-refractivity contribution is 0.415. The molecule has 1 saturated carbocycles. The Balaban J connectivity index is 1.62. The van der Waals surface area contributed by atoms with Gasteiger partial charge in [0.1, 0.15) is 17.0 Å². The molecule has 0 bridgehead atoms. The maximum Gasteiger partial charge on any atom is 0.279 e. The summed E-state index contributed by atoms with van der Waals surface area (Å²) in [6, 6.07) is 17.2. The fourth-order valence-electron chi connectivity index (χ4n) is 3.35. The van der Waals surface area contributed by atoms with E-state index >= 15 is 0 Å². The molecule has 2 aromatic carbocycles. The van der Waals surface area contributed by atoms with Crippen LogP contribution in [0.5, 0.6) is 5.75 Å². The molecule has 1 N–H and O–H groups in total. The van der Waals surface area contributed by atoms with Crippen molar-refractivity contribution in [1.29, 1.82) is 0 Å². The summed E-state index contributed by atoms with van der Waals surface area (Å²) >= 11 is 0. The second-order valence-corrected chi connectivity index (χ2v) is 6.99. The number of rotatable bonds is 5. The van der Waals surface area contributed by atoms with E-state index in [9.17, 15) is 4.79 Å². The summed E-state index contributed by atoms with van der Waals surface area (Å²) in [6.07, 6.45) is 3.60. The van der Waals surface area contributed by atoms with Gasteiger partial charge in [-0.15, -0.1) is 0 Å². The van der Waals surface area contributed by atoms with Crippen molar-refractivity contribution < 1.29 is 4.74 Å². The topological polar surface area (TPSA) is 81.9 Å². The normalized spacial score (nSPS) is 13.4. The van der Waals surface area contributed by atoms with E-state index < -0.39 is 0 Å². The number of ether oxygens (including phenoxy) is 1. The highest BCUT2D eigenvalue weighted by Crippen LogP contribution is 2.36. The molecule has 7 heteroatoms. The smallest absolute Gasteiger partial charge is 0.279 e. The van der Waals surface area contributed by atoms with E-state index in [0.29, 0.717) is 22.8 Å². The first-order valence-electron chi connectivity index (χ1n) is 9.49. The quantitative estimate of drug-likeness (QED) is 0.560. The van der Waals surface area contributed by atoms with Gasteiger partial charge in [0.2, 0.25) is 5.95 Å². The zero-order valence-electron chi connectivity index (χ0n) is 15.9. The molecule has 1 aliphatic carbocycles. The molecular formula is C22H19N5O2. The molecule has 0 radical (unpaired) electrons. The summed E-state index contributed by atoms with van der Waals surface area (Å²) in [5.41, 5.74) is 3.08. The van der Waals surface area contributed by atoms with Gasteiger partial charge in [0.15, 0.2) is 5.65 Å². The maximum absolute atomic E-state index is 13.2. The van der Waals surface area contributed by atoms with Crippen molar-refractivity contribution in [3.63, 3.8) is 0 Å². The van der Waals surface area contributed by atoms with Crippen LogP contribution in [0, 0.1) is 0 Å². The standard InChI is InChI=1S/C22H19N5O2/c1-29-17-9-5-8-15(12-17)24-22-23-13-18-20(26-22)27(16-10-11-16)21(28)19(25-18)14-6-3-2-4-7-14/h2-9,12-13,16H,10-11H2,1H3,(H,23,24,26). The minimum absolute atomic E-state index is 0.114. The van der Waals surface area contributed by atoms with Gasteiger partial charge in [0, 0.05) is 23.4 Å².